The molecule has 0 saturated heterocycles. The second-order valence-electron chi connectivity index (χ2n) is 6.27. The number of benzene rings is 1. The summed E-state index contributed by atoms with van der Waals surface area (Å²) in [5.74, 6) is 0.0928. The van der Waals surface area contributed by atoms with Crippen molar-refractivity contribution in [3.8, 4) is 0 Å². The normalized spacial score (nSPS) is 10.7. The van der Waals surface area contributed by atoms with Gasteiger partial charge in [0.05, 0.1) is 0 Å². The molecule has 0 unspecified atom stereocenters. The summed E-state index contributed by atoms with van der Waals surface area (Å²) in [5.41, 5.74) is 2.04. The van der Waals surface area contributed by atoms with E-state index in [4.69, 9.17) is 0 Å². The van der Waals surface area contributed by atoms with Crippen LogP contribution in [0.1, 0.15) is 36.3 Å². The number of anilines is 1. The summed E-state index contributed by atoms with van der Waals surface area (Å²) in [6.07, 6.45) is 0.216. The highest BCUT2D eigenvalue weighted by atomic mass is 32.1. The van der Waals surface area contributed by atoms with E-state index in [1.807, 2.05) is 20.8 Å². The molecule has 0 bridgehead atoms. The van der Waals surface area contributed by atoms with Crippen molar-refractivity contribution < 1.29 is 9.59 Å². The molecule has 0 aliphatic heterocycles. The quantitative estimate of drug-likeness (QED) is 0.795. The topological polar surface area (TPSA) is 80.2 Å². The number of hydrogen-bond acceptors (Lipinski definition) is 4. The van der Waals surface area contributed by atoms with Crippen LogP contribution in [0.3, 0.4) is 0 Å². The fourth-order valence-electron chi connectivity index (χ4n) is 2.22. The zero-order valence-corrected chi connectivity index (χ0v) is 15.5. The van der Waals surface area contributed by atoms with Gasteiger partial charge in [-0.2, -0.15) is 0 Å². The molecule has 0 aliphatic rings. The van der Waals surface area contributed by atoms with Crippen molar-refractivity contribution in [2.75, 3.05) is 11.9 Å². The Balaban J connectivity index is 1.87. The van der Waals surface area contributed by atoms with Crippen molar-refractivity contribution in [2.24, 2.45) is 5.92 Å². The van der Waals surface area contributed by atoms with Crippen LogP contribution in [-0.4, -0.2) is 22.9 Å². The average molecular weight is 361 g/mol. The van der Waals surface area contributed by atoms with Gasteiger partial charge in [0.25, 0.3) is 5.91 Å². The number of hydrogen-bond donors (Lipinski definition) is 2. The number of aryl methyl sites for hydroxylation is 1. The summed E-state index contributed by atoms with van der Waals surface area (Å²) in [6, 6.07) is 6.76. The molecule has 1 aromatic carbocycles. The van der Waals surface area contributed by atoms with Gasteiger partial charge in [-0.15, -0.1) is 0 Å². The predicted octanol–water partition coefficient (Wildman–Crippen LogP) is 2.63. The van der Waals surface area contributed by atoms with Crippen molar-refractivity contribution >= 4 is 28.8 Å². The molecule has 2 rings (SSSR count). The molecule has 0 spiro atoms. The van der Waals surface area contributed by atoms with Crippen LogP contribution in [0.5, 0.6) is 0 Å². The number of nitrogens with one attached hydrogen (secondary N) is 2. The van der Waals surface area contributed by atoms with E-state index in [2.05, 4.69) is 10.6 Å². The van der Waals surface area contributed by atoms with E-state index < -0.39 is 0 Å². The van der Waals surface area contributed by atoms with E-state index in [-0.39, 0.29) is 23.1 Å². The van der Waals surface area contributed by atoms with Gasteiger partial charge in [-0.1, -0.05) is 25.2 Å². The summed E-state index contributed by atoms with van der Waals surface area (Å²) >= 11 is 1.13. The van der Waals surface area contributed by atoms with Crippen LogP contribution >= 0.6 is 11.3 Å². The zero-order chi connectivity index (χ0) is 18.4. The molecule has 134 valence electrons. The van der Waals surface area contributed by atoms with Gasteiger partial charge in [-0.3, -0.25) is 14.4 Å². The number of carbonyl (C=O) groups is 2. The Morgan fingerprint density at radius 1 is 1.20 bits per heavy atom. The lowest BCUT2D eigenvalue weighted by molar-refractivity contribution is -0.116. The lowest BCUT2D eigenvalue weighted by Crippen LogP contribution is -2.27. The Kier molecular flexibility index (Phi) is 6.52. The third kappa shape index (κ3) is 5.56. The van der Waals surface area contributed by atoms with Gasteiger partial charge in [0, 0.05) is 41.8 Å². The zero-order valence-electron chi connectivity index (χ0n) is 14.7. The molecular formula is C18H23N3O3S. The molecule has 2 aromatic rings. The summed E-state index contributed by atoms with van der Waals surface area (Å²) in [4.78, 5) is 35.5. The molecule has 2 amide bonds. The summed E-state index contributed by atoms with van der Waals surface area (Å²) in [7, 11) is 0. The Morgan fingerprint density at radius 3 is 2.44 bits per heavy atom. The van der Waals surface area contributed by atoms with Gasteiger partial charge in [0.15, 0.2) is 0 Å². The maximum atomic E-state index is 12.0. The molecule has 1 heterocycles. The van der Waals surface area contributed by atoms with Gasteiger partial charge in [-0.05, 0) is 37.1 Å². The highest BCUT2D eigenvalue weighted by Crippen LogP contribution is 2.10. The first-order valence-corrected chi connectivity index (χ1v) is 9.08. The Bertz CT molecular complexity index is 791. The van der Waals surface area contributed by atoms with E-state index in [1.165, 1.54) is 0 Å². The number of aromatic nitrogens is 1. The van der Waals surface area contributed by atoms with Crippen molar-refractivity contribution in [3.63, 3.8) is 0 Å². The Labute approximate surface area is 150 Å². The Hall–Kier alpha value is -2.41. The monoisotopic (exact) mass is 361 g/mol. The summed E-state index contributed by atoms with van der Waals surface area (Å²) in [6.45, 7) is 6.89. The van der Waals surface area contributed by atoms with Gasteiger partial charge < -0.3 is 15.2 Å². The smallest absolute Gasteiger partial charge is 0.307 e. The maximum Gasteiger partial charge on any atom is 0.307 e. The van der Waals surface area contributed by atoms with Crippen molar-refractivity contribution in [2.45, 2.75) is 33.7 Å². The van der Waals surface area contributed by atoms with Gasteiger partial charge in [0.1, 0.15) is 0 Å². The SMILES string of the molecule is Cc1csc(=O)n1CCC(=O)Nc1ccc(C(=O)NCC(C)C)cc1. The van der Waals surface area contributed by atoms with Crippen molar-refractivity contribution in [3.05, 3.63) is 50.6 Å². The fourth-order valence-corrected chi connectivity index (χ4v) is 2.98. The lowest BCUT2D eigenvalue weighted by Gasteiger charge is -2.09. The molecule has 7 heteroatoms. The van der Waals surface area contributed by atoms with Crippen molar-refractivity contribution in [1.29, 1.82) is 0 Å². The number of thiazole rings is 1. The van der Waals surface area contributed by atoms with Crippen LogP contribution in [-0.2, 0) is 11.3 Å². The standard InChI is InChI=1S/C18H23N3O3S/c1-12(2)10-19-17(23)14-4-6-15(7-5-14)20-16(22)8-9-21-13(3)11-25-18(21)24/h4-7,11-12H,8-10H2,1-3H3,(H,19,23)(H,20,22). The minimum atomic E-state index is -0.172. The summed E-state index contributed by atoms with van der Waals surface area (Å²) in [5, 5.41) is 7.41. The molecule has 0 saturated carbocycles. The van der Waals surface area contributed by atoms with Crippen LogP contribution in [0.15, 0.2) is 34.4 Å². The minimum Gasteiger partial charge on any atom is -0.352 e. The highest BCUT2D eigenvalue weighted by Gasteiger charge is 2.09. The molecule has 0 radical (unpaired) electrons. The van der Waals surface area contributed by atoms with Crippen LogP contribution in [0.4, 0.5) is 5.69 Å². The average Bonchev–Trinajstić information content (AvgIpc) is 2.89. The maximum absolute atomic E-state index is 12.0. The Morgan fingerprint density at radius 2 is 1.88 bits per heavy atom. The molecular weight excluding hydrogens is 338 g/mol. The molecule has 0 atom stereocenters. The van der Waals surface area contributed by atoms with Crippen LogP contribution in [0, 0.1) is 12.8 Å². The third-order valence-electron chi connectivity index (χ3n) is 3.64. The van der Waals surface area contributed by atoms with Crippen LogP contribution in [0.2, 0.25) is 0 Å². The van der Waals surface area contributed by atoms with E-state index in [1.54, 1.807) is 34.2 Å². The molecule has 1 aromatic heterocycles. The number of rotatable bonds is 7. The van der Waals surface area contributed by atoms with Gasteiger partial charge >= 0.3 is 4.87 Å². The molecule has 0 fully saturated rings. The lowest BCUT2D eigenvalue weighted by atomic mass is 10.1. The second-order valence-corrected chi connectivity index (χ2v) is 7.09. The molecule has 0 aliphatic carbocycles. The van der Waals surface area contributed by atoms with E-state index >= 15 is 0 Å². The van der Waals surface area contributed by atoms with Gasteiger partial charge in [-0.25, -0.2) is 0 Å². The fraction of sp³-hybridized carbons (Fsp3) is 0.389. The third-order valence-corrected chi connectivity index (χ3v) is 4.52. The van der Waals surface area contributed by atoms with Gasteiger partial charge in [0.2, 0.25) is 5.91 Å². The largest absolute Gasteiger partial charge is 0.352 e. The minimum absolute atomic E-state index is 0.0536. The summed E-state index contributed by atoms with van der Waals surface area (Å²) < 4.78 is 1.59. The predicted molar refractivity (Wildman–Crippen MR) is 100 cm³/mol. The number of amides is 2. The van der Waals surface area contributed by atoms with E-state index in [0.29, 0.717) is 30.3 Å². The number of nitrogens with zero attached hydrogens (tertiary/aromatic N) is 1. The van der Waals surface area contributed by atoms with Crippen LogP contribution < -0.4 is 15.5 Å². The first kappa shape index (κ1) is 18.9. The first-order chi connectivity index (χ1) is 11.9. The highest BCUT2D eigenvalue weighted by molar-refractivity contribution is 7.07. The molecule has 25 heavy (non-hydrogen) atoms. The van der Waals surface area contributed by atoms with Crippen molar-refractivity contribution in [1.82, 2.24) is 9.88 Å². The number of carbonyl (C=O) groups excluding carboxylic acids is 2. The first-order valence-electron chi connectivity index (χ1n) is 8.20. The van der Waals surface area contributed by atoms with E-state index in [0.717, 1.165) is 17.0 Å². The van der Waals surface area contributed by atoms with E-state index in [9.17, 15) is 14.4 Å². The second kappa shape index (κ2) is 8.62. The van der Waals surface area contributed by atoms with Crippen LogP contribution in [0.25, 0.3) is 0 Å². The molecule has 2 N–H and O–H groups in total. The molecule has 6 nitrogen and oxygen atoms in total.